The van der Waals surface area contributed by atoms with Crippen molar-refractivity contribution in [2.45, 2.75) is 13.0 Å². The highest BCUT2D eigenvalue weighted by molar-refractivity contribution is 9.10. The second-order valence-electron chi connectivity index (χ2n) is 5.70. The van der Waals surface area contributed by atoms with E-state index in [1.165, 1.54) is 0 Å². The van der Waals surface area contributed by atoms with Crippen LogP contribution in [0, 0.1) is 0 Å². The van der Waals surface area contributed by atoms with Gasteiger partial charge in [0.25, 0.3) is 0 Å². The first-order valence-corrected chi connectivity index (χ1v) is 10.3. The van der Waals surface area contributed by atoms with Gasteiger partial charge in [0.05, 0.1) is 12.3 Å². The Kier molecular flexibility index (Phi) is 6.84. The van der Waals surface area contributed by atoms with E-state index in [0.29, 0.717) is 10.3 Å². The third-order valence-corrected chi connectivity index (χ3v) is 5.36. The molecule has 0 aliphatic rings. The van der Waals surface area contributed by atoms with Crippen LogP contribution < -0.4 is 0 Å². The van der Waals surface area contributed by atoms with Crippen LogP contribution in [0.15, 0.2) is 75.6 Å². The quantitative estimate of drug-likeness (QED) is 0.226. The van der Waals surface area contributed by atoms with Gasteiger partial charge in [-0.05, 0) is 22.9 Å². The minimum Gasteiger partial charge on any atom is -0.464 e. The second kappa shape index (κ2) is 9.52. The monoisotopic (exact) mass is 456 g/mol. The summed E-state index contributed by atoms with van der Waals surface area (Å²) in [5.41, 5.74) is 2.15. The standard InChI is InChI=1S/C21H17BrN2O3S/c1-2-27-21(26)18(19(25)20-23-16(22)13-28-20)24-17(14-9-5-3-6-10-14)15-11-7-4-8-12-15/h3-13,18H,2H2,1H3. The SMILES string of the molecule is CCOC(=O)C(N=C(c1ccccc1)c1ccccc1)C(=O)c1nc(Br)cs1. The molecule has 142 valence electrons. The maximum Gasteiger partial charge on any atom is 0.339 e. The van der Waals surface area contributed by atoms with Crippen molar-refractivity contribution < 1.29 is 14.3 Å². The number of thiazole rings is 1. The van der Waals surface area contributed by atoms with Crippen molar-refractivity contribution in [3.8, 4) is 0 Å². The summed E-state index contributed by atoms with van der Waals surface area (Å²) < 4.78 is 5.66. The molecule has 0 aliphatic carbocycles. The smallest absolute Gasteiger partial charge is 0.339 e. The fraction of sp³-hybridized carbons (Fsp3) is 0.143. The van der Waals surface area contributed by atoms with Crippen molar-refractivity contribution in [2.24, 2.45) is 4.99 Å². The Hall–Kier alpha value is -2.64. The Bertz CT molecular complexity index is 946. The van der Waals surface area contributed by atoms with Crippen LogP contribution in [0.2, 0.25) is 0 Å². The zero-order valence-corrected chi connectivity index (χ0v) is 17.4. The summed E-state index contributed by atoms with van der Waals surface area (Å²) in [6.07, 6.45) is 0. The molecule has 7 heteroatoms. The van der Waals surface area contributed by atoms with Gasteiger partial charge in [0.2, 0.25) is 11.8 Å². The lowest BCUT2D eigenvalue weighted by atomic mass is 10.0. The van der Waals surface area contributed by atoms with E-state index in [0.717, 1.165) is 22.5 Å². The predicted octanol–water partition coefficient (Wildman–Crippen LogP) is 4.56. The van der Waals surface area contributed by atoms with Gasteiger partial charge in [-0.25, -0.2) is 9.78 Å². The average Bonchev–Trinajstić information content (AvgIpc) is 3.16. The van der Waals surface area contributed by atoms with Crippen LogP contribution in [0.3, 0.4) is 0 Å². The maximum atomic E-state index is 13.0. The number of carbonyl (C=O) groups is 2. The summed E-state index contributed by atoms with van der Waals surface area (Å²) >= 11 is 4.39. The molecule has 0 spiro atoms. The fourth-order valence-electron chi connectivity index (χ4n) is 2.56. The van der Waals surface area contributed by atoms with E-state index >= 15 is 0 Å². The molecule has 3 aromatic rings. The Morgan fingerprint density at radius 3 is 2.11 bits per heavy atom. The molecule has 1 heterocycles. The predicted molar refractivity (Wildman–Crippen MR) is 113 cm³/mol. The van der Waals surface area contributed by atoms with E-state index < -0.39 is 17.8 Å². The lowest BCUT2D eigenvalue weighted by Crippen LogP contribution is -2.32. The van der Waals surface area contributed by atoms with Crippen LogP contribution in [0.5, 0.6) is 0 Å². The molecule has 0 amide bonds. The number of ketones is 1. The minimum absolute atomic E-state index is 0.158. The highest BCUT2D eigenvalue weighted by Gasteiger charge is 2.31. The van der Waals surface area contributed by atoms with E-state index in [1.807, 2.05) is 60.7 Å². The van der Waals surface area contributed by atoms with Crippen LogP contribution in [0.1, 0.15) is 27.9 Å². The van der Waals surface area contributed by atoms with Crippen molar-refractivity contribution in [1.82, 2.24) is 4.98 Å². The van der Waals surface area contributed by atoms with Gasteiger partial charge >= 0.3 is 5.97 Å². The Morgan fingerprint density at radius 1 is 1.07 bits per heavy atom. The number of Topliss-reactive ketones (excluding diaryl/α,β-unsaturated/α-hetero) is 1. The first-order chi connectivity index (χ1) is 13.6. The number of halogens is 1. The van der Waals surface area contributed by atoms with E-state index in [-0.39, 0.29) is 11.6 Å². The van der Waals surface area contributed by atoms with Gasteiger partial charge in [0, 0.05) is 16.5 Å². The molecular formula is C21H17BrN2O3S. The highest BCUT2D eigenvalue weighted by atomic mass is 79.9. The maximum absolute atomic E-state index is 13.0. The number of esters is 1. The van der Waals surface area contributed by atoms with Crippen molar-refractivity contribution >= 4 is 44.7 Å². The fourth-order valence-corrected chi connectivity index (χ4v) is 3.78. The van der Waals surface area contributed by atoms with Crippen LogP contribution >= 0.6 is 27.3 Å². The van der Waals surface area contributed by atoms with E-state index in [9.17, 15) is 9.59 Å². The number of carbonyl (C=O) groups excluding carboxylic acids is 2. The molecule has 2 aromatic carbocycles. The molecule has 0 saturated carbocycles. The van der Waals surface area contributed by atoms with Crippen molar-refractivity contribution in [2.75, 3.05) is 6.61 Å². The number of rotatable bonds is 7. The van der Waals surface area contributed by atoms with E-state index in [1.54, 1.807) is 12.3 Å². The lowest BCUT2D eigenvalue weighted by Gasteiger charge is -2.13. The number of ether oxygens (including phenoxy) is 1. The van der Waals surface area contributed by atoms with Gasteiger partial charge < -0.3 is 4.74 Å². The molecule has 1 aromatic heterocycles. The van der Waals surface area contributed by atoms with E-state index in [4.69, 9.17) is 4.74 Å². The number of aromatic nitrogens is 1. The zero-order chi connectivity index (χ0) is 19.9. The van der Waals surface area contributed by atoms with Gasteiger partial charge in [-0.3, -0.25) is 9.79 Å². The largest absolute Gasteiger partial charge is 0.464 e. The summed E-state index contributed by atoms with van der Waals surface area (Å²) in [5.74, 6) is -1.18. The van der Waals surface area contributed by atoms with Crippen LogP contribution in [0.25, 0.3) is 0 Å². The minimum atomic E-state index is -1.33. The summed E-state index contributed by atoms with van der Waals surface area (Å²) in [6.45, 7) is 1.85. The molecule has 0 fully saturated rings. The lowest BCUT2D eigenvalue weighted by molar-refractivity contribution is -0.143. The van der Waals surface area contributed by atoms with Gasteiger partial charge in [0.1, 0.15) is 4.60 Å². The molecule has 0 bridgehead atoms. The molecule has 3 rings (SSSR count). The summed E-state index contributed by atoms with van der Waals surface area (Å²) in [7, 11) is 0. The first kappa shape index (κ1) is 20.1. The summed E-state index contributed by atoms with van der Waals surface area (Å²) in [4.78, 5) is 34.3. The van der Waals surface area contributed by atoms with Crippen LogP contribution in [-0.4, -0.2) is 35.1 Å². The Balaban J connectivity index is 2.11. The molecule has 0 N–H and O–H groups in total. The topological polar surface area (TPSA) is 68.6 Å². The van der Waals surface area contributed by atoms with Gasteiger partial charge in [-0.15, -0.1) is 11.3 Å². The first-order valence-electron chi connectivity index (χ1n) is 8.60. The number of aliphatic imine (C=N–C) groups is 1. The van der Waals surface area contributed by atoms with E-state index in [2.05, 4.69) is 25.9 Å². The van der Waals surface area contributed by atoms with Crippen molar-refractivity contribution in [1.29, 1.82) is 0 Å². The Labute approximate surface area is 175 Å². The Morgan fingerprint density at radius 2 is 1.64 bits per heavy atom. The van der Waals surface area contributed by atoms with Gasteiger partial charge in [0.15, 0.2) is 5.01 Å². The normalized spacial score (nSPS) is 11.5. The molecule has 1 unspecified atom stereocenters. The van der Waals surface area contributed by atoms with Gasteiger partial charge in [-0.2, -0.15) is 0 Å². The zero-order valence-electron chi connectivity index (χ0n) is 15.0. The van der Waals surface area contributed by atoms with Gasteiger partial charge in [-0.1, -0.05) is 60.7 Å². The molecule has 0 radical (unpaired) electrons. The number of hydrogen-bond donors (Lipinski definition) is 0. The van der Waals surface area contributed by atoms with Crippen molar-refractivity contribution in [3.05, 3.63) is 86.8 Å². The molecule has 0 aliphatic heterocycles. The second-order valence-corrected chi connectivity index (χ2v) is 7.37. The third kappa shape index (κ3) is 4.79. The molecule has 0 saturated heterocycles. The molecular weight excluding hydrogens is 440 g/mol. The summed E-state index contributed by atoms with van der Waals surface area (Å²) in [6, 6.07) is 17.5. The molecule has 1 atom stereocenters. The van der Waals surface area contributed by atoms with Crippen LogP contribution in [0.4, 0.5) is 0 Å². The number of nitrogens with zero attached hydrogens (tertiary/aromatic N) is 2. The molecule has 5 nitrogen and oxygen atoms in total. The van der Waals surface area contributed by atoms with Crippen LogP contribution in [-0.2, 0) is 9.53 Å². The van der Waals surface area contributed by atoms with Crippen molar-refractivity contribution in [3.63, 3.8) is 0 Å². The average molecular weight is 457 g/mol. The number of hydrogen-bond acceptors (Lipinski definition) is 6. The number of benzene rings is 2. The highest BCUT2D eigenvalue weighted by Crippen LogP contribution is 2.20. The molecule has 28 heavy (non-hydrogen) atoms. The summed E-state index contributed by atoms with van der Waals surface area (Å²) in [5, 5.41) is 1.89. The third-order valence-electron chi connectivity index (χ3n) is 3.80.